The highest BCUT2D eigenvalue weighted by Crippen LogP contribution is 2.34. The number of nitrogens with zero attached hydrogens (tertiary/aromatic N) is 3. The van der Waals surface area contributed by atoms with Gasteiger partial charge in [0, 0.05) is 24.6 Å². The fourth-order valence-electron chi connectivity index (χ4n) is 4.24. The maximum Gasteiger partial charge on any atom is 0.261 e. The molecule has 2 aliphatic rings. The molecule has 1 aromatic heterocycles. The number of imide groups is 1. The lowest BCUT2D eigenvalue weighted by Crippen LogP contribution is -2.49. The topological polar surface area (TPSA) is 70.6 Å². The van der Waals surface area contributed by atoms with Gasteiger partial charge in [-0.2, -0.15) is 0 Å². The zero-order valence-corrected chi connectivity index (χ0v) is 17.2. The number of carbonyl (C=O) groups excluding carboxylic acids is 3. The van der Waals surface area contributed by atoms with Gasteiger partial charge in [0.05, 0.1) is 21.6 Å². The van der Waals surface area contributed by atoms with Crippen molar-refractivity contribution in [2.75, 3.05) is 19.6 Å². The van der Waals surface area contributed by atoms with E-state index in [1.54, 1.807) is 34.4 Å². The molecule has 0 bridgehead atoms. The smallest absolute Gasteiger partial charge is 0.261 e. The minimum Gasteiger partial charge on any atom is -0.341 e. The van der Waals surface area contributed by atoms with Crippen LogP contribution in [0.2, 0.25) is 0 Å². The van der Waals surface area contributed by atoms with E-state index in [1.807, 2.05) is 24.3 Å². The van der Waals surface area contributed by atoms with E-state index in [4.69, 9.17) is 4.98 Å². The van der Waals surface area contributed by atoms with Crippen molar-refractivity contribution in [1.82, 2.24) is 14.8 Å². The minimum absolute atomic E-state index is 0.162. The second kappa shape index (κ2) is 7.65. The molecule has 3 aromatic rings. The summed E-state index contributed by atoms with van der Waals surface area (Å²) in [6.07, 6.45) is 1.85. The van der Waals surface area contributed by atoms with Crippen LogP contribution in [0, 0.1) is 0 Å². The first-order valence-corrected chi connectivity index (χ1v) is 11.0. The Morgan fingerprint density at radius 3 is 2.57 bits per heavy atom. The molecule has 0 unspecified atom stereocenters. The van der Waals surface area contributed by atoms with Crippen LogP contribution in [0.15, 0.2) is 48.5 Å². The second-order valence-corrected chi connectivity index (χ2v) is 8.86. The van der Waals surface area contributed by atoms with Crippen LogP contribution in [0.1, 0.15) is 39.7 Å². The molecule has 2 aliphatic heterocycles. The summed E-state index contributed by atoms with van der Waals surface area (Å²) < 4.78 is 1.19. The number of piperidine rings is 1. The molecule has 0 aliphatic carbocycles. The SMILES string of the molecule is O=C(CN1C(=O)Cc2ccccc2C1=O)N1CCC(c2nc3ccccc3s2)CC1. The molecule has 0 spiro atoms. The van der Waals surface area contributed by atoms with Gasteiger partial charge in [-0.3, -0.25) is 19.3 Å². The largest absolute Gasteiger partial charge is 0.341 e. The molecule has 3 heterocycles. The van der Waals surface area contributed by atoms with Crippen LogP contribution >= 0.6 is 11.3 Å². The summed E-state index contributed by atoms with van der Waals surface area (Å²) in [4.78, 5) is 45.6. The molecule has 1 saturated heterocycles. The molecule has 5 rings (SSSR count). The third-order valence-corrected chi connectivity index (χ3v) is 7.14. The third-order valence-electron chi connectivity index (χ3n) is 5.94. The number of hydrogen-bond acceptors (Lipinski definition) is 5. The number of aromatic nitrogens is 1. The van der Waals surface area contributed by atoms with Crippen LogP contribution in [0.25, 0.3) is 10.2 Å². The Balaban J connectivity index is 1.23. The maximum atomic E-state index is 12.8. The highest BCUT2D eigenvalue weighted by atomic mass is 32.1. The van der Waals surface area contributed by atoms with Crippen LogP contribution in [-0.2, 0) is 16.0 Å². The van der Waals surface area contributed by atoms with Crippen molar-refractivity contribution in [3.8, 4) is 0 Å². The van der Waals surface area contributed by atoms with Gasteiger partial charge < -0.3 is 4.90 Å². The van der Waals surface area contributed by atoms with Gasteiger partial charge >= 0.3 is 0 Å². The third kappa shape index (κ3) is 3.39. The van der Waals surface area contributed by atoms with Crippen LogP contribution in [0.4, 0.5) is 0 Å². The average molecular weight is 420 g/mol. The van der Waals surface area contributed by atoms with Gasteiger partial charge in [-0.1, -0.05) is 30.3 Å². The Hall–Kier alpha value is -3.06. The standard InChI is InChI=1S/C23H21N3O3S/c27-20-13-16-5-1-2-6-17(16)23(29)26(20)14-21(28)25-11-9-15(10-12-25)22-24-18-7-3-4-8-19(18)30-22/h1-8,15H,9-14H2. The number of thiazole rings is 1. The van der Waals surface area contributed by atoms with Crippen molar-refractivity contribution in [3.05, 3.63) is 64.7 Å². The zero-order valence-electron chi connectivity index (χ0n) is 16.4. The Morgan fingerprint density at radius 2 is 1.77 bits per heavy atom. The van der Waals surface area contributed by atoms with Crippen molar-refractivity contribution >= 4 is 39.3 Å². The molecule has 7 heteroatoms. The van der Waals surface area contributed by atoms with Gasteiger partial charge in [0.2, 0.25) is 11.8 Å². The summed E-state index contributed by atoms with van der Waals surface area (Å²) in [6.45, 7) is 1.05. The number of hydrogen-bond donors (Lipinski definition) is 0. The van der Waals surface area contributed by atoms with E-state index in [1.165, 1.54) is 4.70 Å². The molecule has 152 valence electrons. The molecule has 30 heavy (non-hydrogen) atoms. The Bertz CT molecular complexity index is 1110. The molecular formula is C23H21N3O3S. The zero-order chi connectivity index (χ0) is 20.7. The van der Waals surface area contributed by atoms with E-state index in [-0.39, 0.29) is 30.7 Å². The van der Waals surface area contributed by atoms with Crippen molar-refractivity contribution in [3.63, 3.8) is 0 Å². The molecule has 0 radical (unpaired) electrons. The summed E-state index contributed by atoms with van der Waals surface area (Å²) in [5.41, 5.74) is 2.27. The number of rotatable bonds is 3. The summed E-state index contributed by atoms with van der Waals surface area (Å²) in [6, 6.07) is 15.2. The molecule has 0 saturated carbocycles. The summed E-state index contributed by atoms with van der Waals surface area (Å²) in [5, 5.41) is 1.13. The number of benzene rings is 2. The number of para-hydroxylation sites is 1. The van der Waals surface area contributed by atoms with Gasteiger partial charge in [-0.25, -0.2) is 4.98 Å². The molecule has 6 nitrogen and oxygen atoms in total. The van der Waals surface area contributed by atoms with Gasteiger partial charge in [0.1, 0.15) is 6.54 Å². The van der Waals surface area contributed by atoms with Crippen molar-refractivity contribution in [2.45, 2.75) is 25.2 Å². The lowest BCUT2D eigenvalue weighted by atomic mass is 9.97. The van der Waals surface area contributed by atoms with Gasteiger partial charge in [-0.15, -0.1) is 11.3 Å². The molecule has 2 aromatic carbocycles. The Labute approximate surface area is 178 Å². The van der Waals surface area contributed by atoms with E-state index in [0.717, 1.165) is 33.8 Å². The van der Waals surface area contributed by atoms with E-state index >= 15 is 0 Å². The van der Waals surface area contributed by atoms with E-state index in [2.05, 4.69) is 6.07 Å². The van der Waals surface area contributed by atoms with Crippen molar-refractivity contribution in [2.24, 2.45) is 0 Å². The highest BCUT2D eigenvalue weighted by molar-refractivity contribution is 7.18. The van der Waals surface area contributed by atoms with Crippen molar-refractivity contribution < 1.29 is 14.4 Å². The summed E-state index contributed by atoms with van der Waals surface area (Å²) in [5.74, 6) is -0.508. The lowest BCUT2D eigenvalue weighted by Gasteiger charge is -2.33. The van der Waals surface area contributed by atoms with Crippen molar-refractivity contribution in [1.29, 1.82) is 0 Å². The van der Waals surface area contributed by atoms with E-state index in [0.29, 0.717) is 24.6 Å². The minimum atomic E-state index is -0.375. The average Bonchev–Trinajstić information content (AvgIpc) is 3.21. The van der Waals surface area contributed by atoms with Gasteiger partial charge in [0.25, 0.3) is 5.91 Å². The van der Waals surface area contributed by atoms with E-state index in [9.17, 15) is 14.4 Å². The fourth-order valence-corrected chi connectivity index (χ4v) is 5.37. The van der Waals surface area contributed by atoms with Gasteiger partial charge in [-0.05, 0) is 36.6 Å². The number of fused-ring (bicyclic) bond motifs is 2. The second-order valence-electron chi connectivity index (χ2n) is 7.79. The first kappa shape index (κ1) is 18.9. The number of carbonyl (C=O) groups is 3. The molecule has 0 N–H and O–H groups in total. The highest BCUT2D eigenvalue weighted by Gasteiger charge is 2.34. The predicted octanol–water partition coefficient (Wildman–Crippen LogP) is 3.23. The number of likely N-dealkylation sites (tertiary alicyclic amines) is 1. The Morgan fingerprint density at radius 1 is 1.03 bits per heavy atom. The Kier molecular flexibility index (Phi) is 4.83. The molecule has 3 amide bonds. The summed E-state index contributed by atoms with van der Waals surface area (Å²) in [7, 11) is 0. The van der Waals surface area contributed by atoms with Crippen LogP contribution in [0.3, 0.4) is 0 Å². The number of amides is 3. The van der Waals surface area contributed by atoms with E-state index < -0.39 is 0 Å². The molecular weight excluding hydrogens is 398 g/mol. The molecule has 0 atom stereocenters. The quantitative estimate of drug-likeness (QED) is 0.611. The maximum absolute atomic E-state index is 12.8. The van der Waals surface area contributed by atoms with Crippen LogP contribution in [0.5, 0.6) is 0 Å². The molecule has 1 fully saturated rings. The monoisotopic (exact) mass is 419 g/mol. The first-order valence-electron chi connectivity index (χ1n) is 10.2. The van der Waals surface area contributed by atoms with Gasteiger partial charge in [0.15, 0.2) is 0 Å². The predicted molar refractivity (Wildman–Crippen MR) is 114 cm³/mol. The lowest BCUT2D eigenvalue weighted by molar-refractivity contribution is -0.139. The first-order chi connectivity index (χ1) is 14.6. The van der Waals surface area contributed by atoms with Crippen LogP contribution in [-0.4, -0.2) is 52.1 Å². The summed E-state index contributed by atoms with van der Waals surface area (Å²) >= 11 is 1.72. The normalized spacial score (nSPS) is 17.5. The fraction of sp³-hybridized carbons (Fsp3) is 0.304. The van der Waals surface area contributed by atoms with Crippen LogP contribution < -0.4 is 0 Å².